The Balaban J connectivity index is 1.50. The van der Waals surface area contributed by atoms with E-state index in [9.17, 15) is 9.90 Å². The number of β-amino-alcohol motifs (C(OH)–C–C–N with tert-alkyl or cyclic N) is 1. The Kier molecular flexibility index (Phi) is 4.53. The number of amides is 1. The second-order valence-corrected chi connectivity index (χ2v) is 6.53. The van der Waals surface area contributed by atoms with Gasteiger partial charge in [0, 0.05) is 36.8 Å². The van der Waals surface area contributed by atoms with Crippen LogP contribution in [0.15, 0.2) is 42.6 Å². The summed E-state index contributed by atoms with van der Waals surface area (Å²) in [5, 5.41) is 20.7. The van der Waals surface area contributed by atoms with Crippen molar-refractivity contribution in [2.75, 3.05) is 18.0 Å². The summed E-state index contributed by atoms with van der Waals surface area (Å²) in [6, 6.07) is 11.4. The Labute approximate surface area is 151 Å². The molecule has 0 saturated carbocycles. The van der Waals surface area contributed by atoms with Crippen molar-refractivity contribution in [3.63, 3.8) is 0 Å². The van der Waals surface area contributed by atoms with Gasteiger partial charge in [0.15, 0.2) is 5.69 Å². The number of piperidine rings is 1. The lowest BCUT2D eigenvalue weighted by Gasteiger charge is -2.32. The van der Waals surface area contributed by atoms with Crippen LogP contribution in [0.2, 0.25) is 0 Å². The van der Waals surface area contributed by atoms with Crippen molar-refractivity contribution >= 4 is 22.6 Å². The molecular weight excluding hydrogens is 330 g/mol. The van der Waals surface area contributed by atoms with Gasteiger partial charge in [0.2, 0.25) is 0 Å². The fourth-order valence-corrected chi connectivity index (χ4v) is 3.40. The number of nitrogens with zero attached hydrogens (tertiary/aromatic N) is 3. The van der Waals surface area contributed by atoms with E-state index in [2.05, 4.69) is 25.4 Å². The number of pyridine rings is 1. The molecule has 7 nitrogen and oxygen atoms in total. The third-order valence-corrected chi connectivity index (χ3v) is 4.69. The highest BCUT2D eigenvalue weighted by Crippen LogP contribution is 2.22. The molecule has 26 heavy (non-hydrogen) atoms. The quantitative estimate of drug-likeness (QED) is 0.667. The van der Waals surface area contributed by atoms with Crippen molar-refractivity contribution in [3.8, 4) is 0 Å². The van der Waals surface area contributed by atoms with E-state index < -0.39 is 0 Å². The van der Waals surface area contributed by atoms with Gasteiger partial charge in [-0.1, -0.05) is 24.3 Å². The molecule has 2 aromatic heterocycles. The van der Waals surface area contributed by atoms with Crippen LogP contribution in [0.4, 0.5) is 5.82 Å². The summed E-state index contributed by atoms with van der Waals surface area (Å²) < 4.78 is 0. The Morgan fingerprint density at radius 2 is 2.19 bits per heavy atom. The lowest BCUT2D eigenvalue weighted by atomic mass is 10.1. The number of carbonyl (C=O) groups is 1. The molecule has 7 heteroatoms. The predicted molar refractivity (Wildman–Crippen MR) is 99.0 cm³/mol. The summed E-state index contributed by atoms with van der Waals surface area (Å²) in [6.45, 7) is 1.79. The standard InChI is InChI=1S/C19H21N5O2/c25-14-6-4-10-24(12-14)18-13(5-3-9-20-18)11-21-19(26)17-15-7-1-2-8-16(15)22-23-17/h1-3,5,7-9,14,25H,4,6,10-12H2,(H,21,26)(H,22,23). The number of aromatic nitrogens is 3. The van der Waals surface area contributed by atoms with Gasteiger partial charge in [0.05, 0.1) is 11.6 Å². The van der Waals surface area contributed by atoms with Crippen LogP contribution in [0.1, 0.15) is 28.9 Å². The predicted octanol–water partition coefficient (Wildman–Crippen LogP) is 1.85. The minimum absolute atomic E-state index is 0.226. The molecule has 1 aliphatic heterocycles. The van der Waals surface area contributed by atoms with E-state index in [0.29, 0.717) is 18.8 Å². The van der Waals surface area contributed by atoms with Gasteiger partial charge >= 0.3 is 0 Å². The molecule has 3 N–H and O–H groups in total. The summed E-state index contributed by atoms with van der Waals surface area (Å²) in [4.78, 5) is 19.1. The van der Waals surface area contributed by atoms with E-state index in [4.69, 9.17) is 0 Å². The van der Waals surface area contributed by atoms with Crippen molar-refractivity contribution in [2.45, 2.75) is 25.5 Å². The molecule has 1 atom stereocenters. The molecule has 134 valence electrons. The highest BCUT2D eigenvalue weighted by atomic mass is 16.3. The molecule has 1 saturated heterocycles. The lowest BCUT2D eigenvalue weighted by Crippen LogP contribution is -2.39. The van der Waals surface area contributed by atoms with Gasteiger partial charge < -0.3 is 15.3 Å². The summed E-state index contributed by atoms with van der Waals surface area (Å²) in [7, 11) is 0. The van der Waals surface area contributed by atoms with Crippen molar-refractivity contribution < 1.29 is 9.90 Å². The highest BCUT2D eigenvalue weighted by Gasteiger charge is 2.21. The van der Waals surface area contributed by atoms with Gasteiger partial charge in [-0.05, 0) is 25.0 Å². The Hall–Kier alpha value is -2.93. The average molecular weight is 351 g/mol. The molecule has 1 aromatic carbocycles. The first-order valence-electron chi connectivity index (χ1n) is 8.80. The van der Waals surface area contributed by atoms with Crippen LogP contribution in [-0.2, 0) is 6.54 Å². The molecule has 0 aliphatic carbocycles. The minimum atomic E-state index is -0.330. The largest absolute Gasteiger partial charge is 0.391 e. The normalized spacial score (nSPS) is 17.4. The van der Waals surface area contributed by atoms with E-state index in [1.165, 1.54) is 0 Å². The number of hydrogen-bond donors (Lipinski definition) is 3. The molecule has 1 fully saturated rings. The van der Waals surface area contributed by atoms with Crippen LogP contribution in [-0.4, -0.2) is 45.4 Å². The zero-order valence-corrected chi connectivity index (χ0v) is 14.4. The maximum atomic E-state index is 12.6. The topological polar surface area (TPSA) is 94.1 Å². The first-order chi connectivity index (χ1) is 12.7. The summed E-state index contributed by atoms with van der Waals surface area (Å²) in [5.74, 6) is 0.592. The first-order valence-corrected chi connectivity index (χ1v) is 8.80. The van der Waals surface area contributed by atoms with E-state index in [-0.39, 0.29) is 12.0 Å². The van der Waals surface area contributed by atoms with Gasteiger partial charge in [-0.25, -0.2) is 4.98 Å². The summed E-state index contributed by atoms with van der Waals surface area (Å²) in [5.41, 5.74) is 2.15. The fourth-order valence-electron chi connectivity index (χ4n) is 3.40. The van der Waals surface area contributed by atoms with Crippen LogP contribution in [0.5, 0.6) is 0 Å². The Morgan fingerprint density at radius 3 is 3.08 bits per heavy atom. The minimum Gasteiger partial charge on any atom is -0.391 e. The van der Waals surface area contributed by atoms with Crippen LogP contribution in [0.25, 0.3) is 10.9 Å². The smallest absolute Gasteiger partial charge is 0.272 e. The van der Waals surface area contributed by atoms with Crippen molar-refractivity contribution in [1.82, 2.24) is 20.5 Å². The average Bonchev–Trinajstić information content (AvgIpc) is 3.10. The highest BCUT2D eigenvalue weighted by molar-refractivity contribution is 6.04. The molecule has 3 aromatic rings. The third kappa shape index (κ3) is 3.25. The summed E-state index contributed by atoms with van der Waals surface area (Å²) >= 11 is 0. The number of H-pyrrole nitrogens is 1. The number of para-hydroxylation sites is 1. The molecule has 1 aliphatic rings. The van der Waals surface area contributed by atoms with Gasteiger partial charge in [-0.3, -0.25) is 9.89 Å². The van der Waals surface area contributed by atoms with E-state index in [0.717, 1.165) is 41.7 Å². The molecule has 4 rings (SSSR count). The van der Waals surface area contributed by atoms with Crippen LogP contribution < -0.4 is 10.2 Å². The number of nitrogens with one attached hydrogen (secondary N) is 2. The van der Waals surface area contributed by atoms with Crippen molar-refractivity contribution in [2.24, 2.45) is 0 Å². The van der Waals surface area contributed by atoms with Crippen LogP contribution in [0.3, 0.4) is 0 Å². The molecule has 1 amide bonds. The second-order valence-electron chi connectivity index (χ2n) is 6.53. The van der Waals surface area contributed by atoms with E-state index >= 15 is 0 Å². The number of aliphatic hydroxyl groups excluding tert-OH is 1. The van der Waals surface area contributed by atoms with Gasteiger partial charge in [0.1, 0.15) is 5.82 Å². The monoisotopic (exact) mass is 351 g/mol. The number of hydrogen-bond acceptors (Lipinski definition) is 5. The molecule has 0 radical (unpaired) electrons. The number of fused-ring (bicyclic) bond motifs is 1. The number of rotatable bonds is 4. The maximum absolute atomic E-state index is 12.6. The Morgan fingerprint density at radius 1 is 1.31 bits per heavy atom. The number of aromatic amines is 1. The Bertz CT molecular complexity index is 923. The zero-order valence-electron chi connectivity index (χ0n) is 14.4. The third-order valence-electron chi connectivity index (χ3n) is 4.69. The number of carbonyl (C=O) groups excluding carboxylic acids is 1. The van der Waals surface area contributed by atoms with Gasteiger partial charge in [-0.15, -0.1) is 0 Å². The van der Waals surface area contributed by atoms with Gasteiger partial charge in [-0.2, -0.15) is 5.10 Å². The van der Waals surface area contributed by atoms with Crippen LogP contribution in [0, 0.1) is 0 Å². The fraction of sp³-hybridized carbons (Fsp3) is 0.316. The zero-order chi connectivity index (χ0) is 17.9. The second kappa shape index (κ2) is 7.13. The van der Waals surface area contributed by atoms with E-state index in [1.54, 1.807) is 6.20 Å². The lowest BCUT2D eigenvalue weighted by molar-refractivity contribution is 0.0947. The SMILES string of the molecule is O=C(NCc1cccnc1N1CCCC(O)C1)c1n[nH]c2ccccc12. The van der Waals surface area contributed by atoms with Crippen LogP contribution >= 0.6 is 0 Å². The molecule has 0 bridgehead atoms. The van der Waals surface area contributed by atoms with Gasteiger partial charge in [0.25, 0.3) is 5.91 Å². The molecule has 1 unspecified atom stereocenters. The molecule has 0 spiro atoms. The van der Waals surface area contributed by atoms with Crippen molar-refractivity contribution in [3.05, 3.63) is 53.9 Å². The number of benzene rings is 1. The number of aliphatic hydroxyl groups is 1. The molecule has 3 heterocycles. The maximum Gasteiger partial charge on any atom is 0.272 e. The first kappa shape index (κ1) is 16.5. The summed E-state index contributed by atoms with van der Waals surface area (Å²) in [6.07, 6.45) is 3.16. The van der Waals surface area contributed by atoms with E-state index in [1.807, 2.05) is 36.4 Å². The molecular formula is C19H21N5O2. The number of anilines is 1. The van der Waals surface area contributed by atoms with Crippen molar-refractivity contribution in [1.29, 1.82) is 0 Å².